The number of rotatable bonds is 0. The van der Waals surface area contributed by atoms with Gasteiger partial charge in [-0.05, 0) is 22.9 Å². The molecule has 0 spiro atoms. The molecule has 0 unspecified atom stereocenters. The highest BCUT2D eigenvalue weighted by Gasteiger charge is 2.06. The minimum Gasteiger partial charge on any atom is -0.0888 e. The van der Waals surface area contributed by atoms with Gasteiger partial charge in [0.1, 0.15) is 0 Å². The molecule has 0 atom stereocenters. The van der Waals surface area contributed by atoms with E-state index in [2.05, 4.69) is 22.9 Å². The second-order valence-corrected chi connectivity index (χ2v) is 4.37. The predicted molar refractivity (Wildman–Crippen MR) is 28.7 cm³/mol. The van der Waals surface area contributed by atoms with E-state index in [4.69, 9.17) is 23.2 Å². The van der Waals surface area contributed by atoms with Crippen molar-refractivity contribution in [3.8, 4) is 0 Å². The minimum atomic E-state index is -0.993. The molecular weight excluding hydrogens is 175 g/mol. The summed E-state index contributed by atoms with van der Waals surface area (Å²) in [6, 6.07) is 0. The quantitative estimate of drug-likeness (QED) is 0.498. The van der Waals surface area contributed by atoms with E-state index in [0.717, 1.165) is 0 Å². The van der Waals surface area contributed by atoms with Gasteiger partial charge in [0, 0.05) is 0 Å². The van der Waals surface area contributed by atoms with Crippen LogP contribution < -0.4 is 0 Å². The van der Waals surface area contributed by atoms with Crippen LogP contribution in [-0.4, -0.2) is 3.24 Å². The average Bonchev–Trinajstić information content (AvgIpc) is 0.722. The Bertz CT molecular complexity index is 23.1. The van der Waals surface area contributed by atoms with Gasteiger partial charge in [-0.15, -0.1) is 0 Å². The Labute approximate surface area is 49.6 Å². The molecule has 0 fully saturated rings. The molecule has 0 amide bonds. The van der Waals surface area contributed by atoms with Crippen molar-refractivity contribution in [1.82, 2.24) is 0 Å². The van der Waals surface area contributed by atoms with Crippen LogP contribution in [0.1, 0.15) is 0 Å². The number of hydrogen-bond donors (Lipinski definition) is 0. The SMILES string of the molecule is [CH2]C(Cl)(Cl)Br. The van der Waals surface area contributed by atoms with Gasteiger partial charge in [0.15, 0.2) is 3.24 Å². The average molecular weight is 177 g/mol. The second kappa shape index (κ2) is 1.67. The van der Waals surface area contributed by atoms with E-state index in [1.165, 1.54) is 0 Å². The van der Waals surface area contributed by atoms with Gasteiger partial charge in [-0.3, -0.25) is 0 Å². The molecule has 0 rings (SSSR count). The number of hydrogen-bond acceptors (Lipinski definition) is 0. The summed E-state index contributed by atoms with van der Waals surface area (Å²) in [5.41, 5.74) is 0. The first-order valence-electron chi connectivity index (χ1n) is 0.921. The third-order valence-corrected chi connectivity index (χ3v) is 0. The molecule has 0 aliphatic rings. The van der Waals surface area contributed by atoms with Gasteiger partial charge < -0.3 is 0 Å². The Hall–Kier alpha value is 1.06. The third-order valence-electron chi connectivity index (χ3n) is 0. The largest absolute Gasteiger partial charge is 0.172 e. The maximum absolute atomic E-state index is 5.10. The Morgan fingerprint density at radius 1 is 1.60 bits per heavy atom. The van der Waals surface area contributed by atoms with E-state index >= 15 is 0 Å². The van der Waals surface area contributed by atoms with E-state index < -0.39 is 3.24 Å². The monoisotopic (exact) mass is 175 g/mol. The van der Waals surface area contributed by atoms with Crippen LogP contribution in [0.25, 0.3) is 0 Å². The molecule has 31 valence electrons. The summed E-state index contributed by atoms with van der Waals surface area (Å²) < 4.78 is -0.993. The van der Waals surface area contributed by atoms with Gasteiger partial charge in [-0.2, -0.15) is 0 Å². The highest BCUT2D eigenvalue weighted by atomic mass is 79.9. The molecule has 0 aliphatic carbocycles. The summed E-state index contributed by atoms with van der Waals surface area (Å²) in [7, 11) is 0. The lowest BCUT2D eigenvalue weighted by molar-refractivity contribution is 1.54. The van der Waals surface area contributed by atoms with Crippen molar-refractivity contribution in [3.63, 3.8) is 0 Å². The molecule has 0 aromatic carbocycles. The maximum atomic E-state index is 5.10. The second-order valence-electron chi connectivity index (χ2n) is 0.615. The van der Waals surface area contributed by atoms with Crippen LogP contribution in [-0.2, 0) is 0 Å². The van der Waals surface area contributed by atoms with Gasteiger partial charge in [-0.1, -0.05) is 23.2 Å². The molecule has 0 aliphatic heterocycles. The summed E-state index contributed by atoms with van der Waals surface area (Å²) in [6.07, 6.45) is 0. The smallest absolute Gasteiger partial charge is 0.0888 e. The molecule has 5 heavy (non-hydrogen) atoms. The van der Waals surface area contributed by atoms with Crippen molar-refractivity contribution in [2.24, 2.45) is 0 Å². The van der Waals surface area contributed by atoms with Crippen molar-refractivity contribution in [2.75, 3.05) is 0 Å². The molecule has 0 aromatic heterocycles. The number of alkyl halides is 3. The normalized spacial score (nSPS) is 12.0. The molecule has 0 nitrogen and oxygen atoms in total. The highest BCUT2D eigenvalue weighted by molar-refractivity contribution is 9.11. The minimum absolute atomic E-state index is 0.993. The fourth-order valence-electron chi connectivity index (χ4n) is 0. The Balaban J connectivity index is 3.02. The van der Waals surface area contributed by atoms with Crippen LogP contribution in [0.15, 0.2) is 0 Å². The number of halogens is 3. The fourth-order valence-corrected chi connectivity index (χ4v) is 0. The predicted octanol–water partition coefficient (Wildman–Crippen LogP) is 2.35. The van der Waals surface area contributed by atoms with Crippen molar-refractivity contribution in [3.05, 3.63) is 6.92 Å². The molecule has 3 heteroatoms. The van der Waals surface area contributed by atoms with Crippen LogP contribution in [0.3, 0.4) is 0 Å². The molecule has 0 saturated heterocycles. The van der Waals surface area contributed by atoms with E-state index in [1.54, 1.807) is 0 Å². The Morgan fingerprint density at radius 3 is 1.60 bits per heavy atom. The molecule has 0 heterocycles. The zero-order valence-corrected chi connectivity index (χ0v) is 5.44. The highest BCUT2D eigenvalue weighted by Crippen LogP contribution is 2.25. The molecular formula is C2H2BrCl2. The first-order valence-corrected chi connectivity index (χ1v) is 2.47. The van der Waals surface area contributed by atoms with Crippen molar-refractivity contribution >= 4 is 39.1 Å². The summed E-state index contributed by atoms with van der Waals surface area (Å²) >= 11 is 13.0. The van der Waals surface area contributed by atoms with Crippen LogP contribution in [0, 0.1) is 6.92 Å². The standard InChI is InChI=1S/C2H2BrCl2/c1-2(3,4)5/h1H2. The third kappa shape index (κ3) is 42.2. The van der Waals surface area contributed by atoms with Crippen LogP contribution in [0.2, 0.25) is 0 Å². The van der Waals surface area contributed by atoms with Crippen molar-refractivity contribution in [2.45, 2.75) is 3.24 Å². The molecule has 0 aromatic rings. The lowest BCUT2D eigenvalue weighted by Gasteiger charge is -1.95. The zero-order valence-electron chi connectivity index (χ0n) is 2.34. The van der Waals surface area contributed by atoms with E-state index in [1.807, 2.05) is 0 Å². The molecule has 1 radical (unpaired) electrons. The van der Waals surface area contributed by atoms with Crippen LogP contribution in [0.4, 0.5) is 0 Å². The van der Waals surface area contributed by atoms with Gasteiger partial charge in [0.05, 0.1) is 0 Å². The lowest BCUT2D eigenvalue weighted by Crippen LogP contribution is -1.87. The summed E-state index contributed by atoms with van der Waals surface area (Å²) in [5.74, 6) is 0. The molecule has 0 bridgehead atoms. The first kappa shape index (κ1) is 6.06. The van der Waals surface area contributed by atoms with E-state index in [0.29, 0.717) is 0 Å². The first-order chi connectivity index (χ1) is 2.00. The Kier molecular flexibility index (Phi) is 2.03. The summed E-state index contributed by atoms with van der Waals surface area (Å²) in [6.45, 7) is 3.22. The molecule has 0 N–H and O–H groups in total. The van der Waals surface area contributed by atoms with E-state index in [-0.39, 0.29) is 0 Å². The van der Waals surface area contributed by atoms with Gasteiger partial charge in [-0.25, -0.2) is 0 Å². The summed E-state index contributed by atoms with van der Waals surface area (Å²) in [5, 5.41) is 0. The summed E-state index contributed by atoms with van der Waals surface area (Å²) in [4.78, 5) is 0. The zero-order chi connectivity index (χ0) is 4.50. The van der Waals surface area contributed by atoms with Crippen LogP contribution >= 0.6 is 39.1 Å². The van der Waals surface area contributed by atoms with Gasteiger partial charge in [0.25, 0.3) is 0 Å². The van der Waals surface area contributed by atoms with Gasteiger partial charge in [0.2, 0.25) is 0 Å². The van der Waals surface area contributed by atoms with Crippen LogP contribution in [0.5, 0.6) is 0 Å². The maximum Gasteiger partial charge on any atom is 0.172 e. The topological polar surface area (TPSA) is 0 Å². The lowest BCUT2D eigenvalue weighted by atomic mass is 11.0. The van der Waals surface area contributed by atoms with Crippen molar-refractivity contribution < 1.29 is 0 Å². The van der Waals surface area contributed by atoms with Crippen molar-refractivity contribution in [1.29, 1.82) is 0 Å². The van der Waals surface area contributed by atoms with Gasteiger partial charge >= 0.3 is 0 Å². The molecule has 0 saturated carbocycles. The van der Waals surface area contributed by atoms with E-state index in [9.17, 15) is 0 Å². The Morgan fingerprint density at radius 2 is 1.60 bits per heavy atom. The fraction of sp³-hybridized carbons (Fsp3) is 0.500.